The summed E-state index contributed by atoms with van der Waals surface area (Å²) in [7, 11) is 0. The highest BCUT2D eigenvalue weighted by Crippen LogP contribution is 2.50. The lowest BCUT2D eigenvalue weighted by atomic mass is 9.76. The summed E-state index contributed by atoms with van der Waals surface area (Å²) >= 11 is 1.85. The Morgan fingerprint density at radius 1 is 1.00 bits per heavy atom. The first-order valence-corrected chi connectivity index (χ1v) is 11.3. The number of carbonyl (C=O) groups is 1. The standard InChI is InChI=1S/C26H23NO2S/c28-26(29)22-10-5-4-9-21(22)25-20-12-6-11-19(20)23-15-17(13-14-24(23)27-25)16-30-18-7-2-1-3-8-18/h1-11,13-15,19-20,25,27H,12,16H2,(H,28,29)/t19-,20-,25+/m0/s1. The molecule has 3 aromatic carbocycles. The fourth-order valence-corrected chi connectivity index (χ4v) is 5.55. The lowest BCUT2D eigenvalue weighted by Crippen LogP contribution is -2.30. The molecule has 3 atom stereocenters. The first-order chi connectivity index (χ1) is 14.7. The largest absolute Gasteiger partial charge is 0.478 e. The van der Waals surface area contributed by atoms with E-state index in [2.05, 4.69) is 59.9 Å². The molecular formula is C26H23NO2S. The van der Waals surface area contributed by atoms with Crippen LogP contribution < -0.4 is 5.32 Å². The van der Waals surface area contributed by atoms with E-state index in [0.29, 0.717) is 17.4 Å². The predicted molar refractivity (Wildman–Crippen MR) is 122 cm³/mol. The van der Waals surface area contributed by atoms with Crippen molar-refractivity contribution in [3.05, 3.63) is 107 Å². The molecule has 150 valence electrons. The molecule has 0 bridgehead atoms. The van der Waals surface area contributed by atoms with E-state index < -0.39 is 5.97 Å². The van der Waals surface area contributed by atoms with E-state index >= 15 is 0 Å². The van der Waals surface area contributed by atoms with Crippen molar-refractivity contribution < 1.29 is 9.90 Å². The summed E-state index contributed by atoms with van der Waals surface area (Å²) in [6.07, 6.45) is 5.50. The molecule has 0 unspecified atom stereocenters. The molecule has 30 heavy (non-hydrogen) atoms. The zero-order valence-corrected chi connectivity index (χ0v) is 17.3. The second kappa shape index (κ2) is 8.04. The van der Waals surface area contributed by atoms with Crippen molar-refractivity contribution in [3.63, 3.8) is 0 Å². The van der Waals surface area contributed by atoms with Gasteiger partial charge in [-0.25, -0.2) is 4.79 Å². The fraction of sp³-hybridized carbons (Fsp3) is 0.192. The van der Waals surface area contributed by atoms with Gasteiger partial charge in [0.1, 0.15) is 0 Å². The van der Waals surface area contributed by atoms with Crippen LogP contribution in [0.5, 0.6) is 0 Å². The molecule has 2 aliphatic rings. The molecule has 1 aliphatic heterocycles. The third-order valence-electron chi connectivity index (χ3n) is 6.10. The van der Waals surface area contributed by atoms with Gasteiger partial charge >= 0.3 is 5.97 Å². The first-order valence-electron chi connectivity index (χ1n) is 10.3. The summed E-state index contributed by atoms with van der Waals surface area (Å²) in [6, 6.07) is 24.5. The molecule has 4 heteroatoms. The van der Waals surface area contributed by atoms with Crippen LogP contribution >= 0.6 is 11.8 Å². The maximum Gasteiger partial charge on any atom is 0.336 e. The van der Waals surface area contributed by atoms with Gasteiger partial charge in [-0.05, 0) is 53.3 Å². The maximum absolute atomic E-state index is 11.8. The van der Waals surface area contributed by atoms with Gasteiger partial charge in [-0.15, -0.1) is 11.8 Å². The Bertz CT molecular complexity index is 1110. The Morgan fingerprint density at radius 3 is 2.63 bits per heavy atom. The van der Waals surface area contributed by atoms with Crippen LogP contribution in [0.4, 0.5) is 5.69 Å². The Kier molecular flexibility index (Phi) is 5.09. The molecule has 0 saturated heterocycles. The van der Waals surface area contributed by atoms with E-state index in [0.717, 1.165) is 23.4 Å². The molecule has 0 radical (unpaired) electrons. The third kappa shape index (κ3) is 3.52. The molecule has 5 rings (SSSR count). The topological polar surface area (TPSA) is 49.3 Å². The average molecular weight is 414 g/mol. The van der Waals surface area contributed by atoms with Crippen molar-refractivity contribution in [1.82, 2.24) is 0 Å². The Balaban J connectivity index is 1.45. The number of hydrogen-bond acceptors (Lipinski definition) is 3. The van der Waals surface area contributed by atoms with Crippen molar-refractivity contribution in [3.8, 4) is 0 Å². The van der Waals surface area contributed by atoms with Crippen molar-refractivity contribution in [2.24, 2.45) is 5.92 Å². The number of fused-ring (bicyclic) bond motifs is 3. The number of hydrogen-bond donors (Lipinski definition) is 2. The summed E-state index contributed by atoms with van der Waals surface area (Å²) in [5, 5.41) is 13.3. The molecule has 3 nitrogen and oxygen atoms in total. The lowest BCUT2D eigenvalue weighted by Gasteiger charge is -2.38. The third-order valence-corrected chi connectivity index (χ3v) is 7.19. The minimum atomic E-state index is -0.867. The van der Waals surface area contributed by atoms with Crippen LogP contribution in [0.25, 0.3) is 0 Å². The van der Waals surface area contributed by atoms with E-state index in [1.807, 2.05) is 30.0 Å². The summed E-state index contributed by atoms with van der Waals surface area (Å²) in [5.41, 5.74) is 5.01. The molecule has 1 aliphatic carbocycles. The summed E-state index contributed by atoms with van der Waals surface area (Å²) in [5.74, 6) is 0.711. The van der Waals surface area contributed by atoms with Gasteiger partial charge in [-0.2, -0.15) is 0 Å². The van der Waals surface area contributed by atoms with Crippen molar-refractivity contribution in [1.29, 1.82) is 0 Å². The summed E-state index contributed by atoms with van der Waals surface area (Å²) in [4.78, 5) is 13.1. The fourth-order valence-electron chi connectivity index (χ4n) is 4.69. The SMILES string of the molecule is O=C(O)c1ccccc1[C@@H]1Nc2ccc(CSc3ccccc3)cc2[C@H]2C=CC[C@@H]21. The number of aromatic carboxylic acids is 1. The number of rotatable bonds is 5. The number of carboxylic acid groups (broad SMARTS) is 1. The highest BCUT2D eigenvalue weighted by atomic mass is 32.2. The van der Waals surface area contributed by atoms with Gasteiger partial charge in [0, 0.05) is 22.3 Å². The van der Waals surface area contributed by atoms with Crippen LogP contribution in [-0.2, 0) is 5.75 Å². The second-order valence-corrected chi connectivity index (χ2v) is 8.94. The van der Waals surface area contributed by atoms with Crippen LogP contribution in [0.2, 0.25) is 0 Å². The zero-order valence-electron chi connectivity index (χ0n) is 16.5. The van der Waals surface area contributed by atoms with Gasteiger partial charge in [-0.1, -0.05) is 60.7 Å². The van der Waals surface area contributed by atoms with E-state index in [9.17, 15) is 9.90 Å². The molecule has 2 N–H and O–H groups in total. The summed E-state index contributed by atoms with van der Waals surface area (Å²) < 4.78 is 0. The molecule has 3 aromatic rings. The van der Waals surface area contributed by atoms with Gasteiger partial charge in [0.05, 0.1) is 11.6 Å². The molecule has 0 fully saturated rings. The molecule has 1 heterocycles. The van der Waals surface area contributed by atoms with Gasteiger partial charge < -0.3 is 10.4 Å². The Morgan fingerprint density at radius 2 is 1.80 bits per heavy atom. The van der Waals surface area contributed by atoms with E-state index in [1.165, 1.54) is 16.0 Å². The molecular weight excluding hydrogens is 390 g/mol. The highest BCUT2D eigenvalue weighted by Gasteiger charge is 2.39. The smallest absolute Gasteiger partial charge is 0.336 e. The monoisotopic (exact) mass is 413 g/mol. The van der Waals surface area contributed by atoms with Gasteiger partial charge in [0.2, 0.25) is 0 Å². The number of benzene rings is 3. The normalized spacial score (nSPS) is 21.5. The van der Waals surface area contributed by atoms with E-state index in [-0.39, 0.29) is 6.04 Å². The van der Waals surface area contributed by atoms with Crippen LogP contribution in [0, 0.1) is 5.92 Å². The van der Waals surface area contributed by atoms with Gasteiger partial charge in [-0.3, -0.25) is 0 Å². The van der Waals surface area contributed by atoms with Crippen LogP contribution in [0.15, 0.2) is 89.8 Å². The number of anilines is 1. The van der Waals surface area contributed by atoms with Crippen LogP contribution in [-0.4, -0.2) is 11.1 Å². The van der Waals surface area contributed by atoms with E-state index in [4.69, 9.17) is 0 Å². The highest BCUT2D eigenvalue weighted by molar-refractivity contribution is 7.98. The van der Waals surface area contributed by atoms with Crippen LogP contribution in [0.3, 0.4) is 0 Å². The molecule has 0 saturated carbocycles. The minimum absolute atomic E-state index is 0.00524. The minimum Gasteiger partial charge on any atom is -0.478 e. The molecule has 0 spiro atoms. The Labute approximate surface area is 180 Å². The maximum atomic E-state index is 11.8. The first kappa shape index (κ1) is 19.0. The quantitative estimate of drug-likeness (QED) is 0.370. The summed E-state index contributed by atoms with van der Waals surface area (Å²) in [6.45, 7) is 0. The average Bonchev–Trinajstić information content (AvgIpc) is 3.28. The Hall–Kier alpha value is -2.98. The second-order valence-electron chi connectivity index (χ2n) is 7.89. The van der Waals surface area contributed by atoms with Crippen molar-refractivity contribution >= 4 is 23.4 Å². The van der Waals surface area contributed by atoms with Gasteiger partial charge in [0.15, 0.2) is 0 Å². The lowest BCUT2D eigenvalue weighted by molar-refractivity contribution is 0.0694. The van der Waals surface area contributed by atoms with Crippen molar-refractivity contribution in [2.75, 3.05) is 5.32 Å². The number of nitrogens with one attached hydrogen (secondary N) is 1. The van der Waals surface area contributed by atoms with Crippen LogP contribution in [0.1, 0.15) is 45.4 Å². The number of allylic oxidation sites excluding steroid dienone is 2. The number of carboxylic acids is 1. The molecule has 0 aromatic heterocycles. The van der Waals surface area contributed by atoms with Gasteiger partial charge in [0.25, 0.3) is 0 Å². The van der Waals surface area contributed by atoms with Crippen molar-refractivity contribution in [2.45, 2.75) is 29.0 Å². The molecule has 0 amide bonds. The van der Waals surface area contributed by atoms with E-state index in [1.54, 1.807) is 12.1 Å². The predicted octanol–water partition coefficient (Wildman–Crippen LogP) is 6.50. The zero-order chi connectivity index (χ0) is 20.5. The number of thioether (sulfide) groups is 1.